The van der Waals surface area contributed by atoms with Gasteiger partial charge in [-0.2, -0.15) is 13.2 Å². The van der Waals surface area contributed by atoms with Crippen molar-refractivity contribution in [3.05, 3.63) is 30.3 Å². The molecule has 0 saturated carbocycles. The Morgan fingerprint density at radius 3 is 2.30 bits per heavy atom. The predicted octanol–water partition coefficient (Wildman–Crippen LogP) is 2.70. The van der Waals surface area contributed by atoms with Gasteiger partial charge in [-0.15, -0.1) is 0 Å². The molecule has 0 radical (unpaired) electrons. The van der Waals surface area contributed by atoms with Crippen LogP contribution in [0.25, 0.3) is 0 Å². The van der Waals surface area contributed by atoms with Crippen molar-refractivity contribution in [2.45, 2.75) is 19.0 Å². The van der Waals surface area contributed by atoms with Crippen molar-refractivity contribution in [2.24, 2.45) is 11.8 Å². The van der Waals surface area contributed by atoms with Crippen LogP contribution < -0.4 is 15.5 Å². The van der Waals surface area contributed by atoms with Crippen LogP contribution in [0, 0.1) is 11.8 Å². The first kappa shape index (κ1) is 19.8. The van der Waals surface area contributed by atoms with Crippen molar-refractivity contribution in [1.29, 1.82) is 0 Å². The van der Waals surface area contributed by atoms with Crippen molar-refractivity contribution in [3.8, 4) is 0 Å². The van der Waals surface area contributed by atoms with E-state index in [1.807, 2.05) is 18.2 Å². The molecule has 0 spiro atoms. The Morgan fingerprint density at radius 1 is 1.00 bits per heavy atom. The summed E-state index contributed by atoms with van der Waals surface area (Å²) >= 11 is 0. The van der Waals surface area contributed by atoms with E-state index in [2.05, 4.69) is 27.7 Å². The minimum atomic E-state index is -4.16. The van der Waals surface area contributed by atoms with Gasteiger partial charge in [-0.05, 0) is 43.4 Å². The summed E-state index contributed by atoms with van der Waals surface area (Å²) in [7, 11) is 0. The number of alkyl halides is 3. The molecule has 2 aliphatic heterocycles. The largest absolute Gasteiger partial charge is 0.401 e. The lowest BCUT2D eigenvalue weighted by molar-refractivity contribution is -0.143. The number of rotatable bonds is 6. The maximum absolute atomic E-state index is 12.4. The summed E-state index contributed by atoms with van der Waals surface area (Å²) < 4.78 is 37.2. The number of carbonyl (C=O) groups excluding carboxylic acids is 1. The summed E-state index contributed by atoms with van der Waals surface area (Å²) in [6.45, 7) is 2.88. The van der Waals surface area contributed by atoms with Crippen molar-refractivity contribution >= 4 is 11.7 Å². The molecule has 8 heteroatoms. The van der Waals surface area contributed by atoms with Gasteiger partial charge in [-0.1, -0.05) is 18.2 Å². The van der Waals surface area contributed by atoms with E-state index in [1.165, 1.54) is 10.6 Å². The van der Waals surface area contributed by atoms with Crippen LogP contribution in [0.15, 0.2) is 30.3 Å². The van der Waals surface area contributed by atoms with E-state index < -0.39 is 12.7 Å². The Morgan fingerprint density at radius 2 is 1.63 bits per heavy atom. The highest BCUT2D eigenvalue weighted by Gasteiger charge is 2.34. The Bertz CT molecular complexity index is 611. The highest BCUT2D eigenvalue weighted by atomic mass is 19.4. The second-order valence-electron chi connectivity index (χ2n) is 7.53. The van der Waals surface area contributed by atoms with E-state index in [9.17, 15) is 18.0 Å². The van der Waals surface area contributed by atoms with Crippen molar-refractivity contribution in [3.63, 3.8) is 0 Å². The zero-order chi connectivity index (χ0) is 19.3. The van der Waals surface area contributed by atoms with Gasteiger partial charge in [0.1, 0.15) is 0 Å². The molecule has 1 aromatic carbocycles. The first-order chi connectivity index (χ1) is 12.9. The van der Waals surface area contributed by atoms with Gasteiger partial charge < -0.3 is 15.5 Å². The SMILES string of the molecule is O=C(NC[C@H]1CCN(CC(F)(F)F)C1)NC[C@H]1CCN(c2ccccc2)C1. The van der Waals surface area contributed by atoms with Crippen molar-refractivity contribution in [2.75, 3.05) is 50.7 Å². The number of halogens is 3. The van der Waals surface area contributed by atoms with Gasteiger partial charge in [0.2, 0.25) is 0 Å². The molecular weight excluding hydrogens is 357 g/mol. The third-order valence-electron chi connectivity index (χ3n) is 5.28. The smallest absolute Gasteiger partial charge is 0.371 e. The minimum Gasteiger partial charge on any atom is -0.371 e. The van der Waals surface area contributed by atoms with Crippen LogP contribution >= 0.6 is 0 Å². The standard InChI is InChI=1S/C19H27F3N4O/c20-19(21,22)14-25-8-6-15(12-25)10-23-18(27)24-11-16-7-9-26(13-16)17-4-2-1-3-5-17/h1-5,15-16H,6-14H2,(H2,23,24,27)/t15-,16-/m1/s1. The average molecular weight is 384 g/mol. The molecule has 2 aliphatic rings. The number of urea groups is 1. The van der Waals surface area contributed by atoms with Crippen LogP contribution in [0.5, 0.6) is 0 Å². The van der Waals surface area contributed by atoms with Crippen LogP contribution in [0.4, 0.5) is 23.7 Å². The molecule has 2 N–H and O–H groups in total. The number of nitrogens with one attached hydrogen (secondary N) is 2. The molecule has 0 bridgehead atoms. The summed E-state index contributed by atoms with van der Waals surface area (Å²) in [5.41, 5.74) is 1.20. The molecule has 2 heterocycles. The molecule has 1 aromatic rings. The predicted molar refractivity (Wildman–Crippen MR) is 98.8 cm³/mol. The number of benzene rings is 1. The summed E-state index contributed by atoms with van der Waals surface area (Å²) in [4.78, 5) is 15.7. The topological polar surface area (TPSA) is 47.6 Å². The molecule has 2 fully saturated rings. The summed E-state index contributed by atoms with van der Waals surface area (Å²) in [5.74, 6) is 0.489. The van der Waals surface area contributed by atoms with Gasteiger partial charge in [0.15, 0.2) is 0 Å². The van der Waals surface area contributed by atoms with Crippen LogP contribution in [0.3, 0.4) is 0 Å². The molecule has 5 nitrogen and oxygen atoms in total. The molecule has 2 atom stereocenters. The zero-order valence-electron chi connectivity index (χ0n) is 15.3. The molecule has 2 amide bonds. The number of carbonyl (C=O) groups is 1. The van der Waals surface area contributed by atoms with Gasteiger partial charge in [0.25, 0.3) is 0 Å². The molecule has 0 aromatic heterocycles. The van der Waals surface area contributed by atoms with Gasteiger partial charge in [-0.3, -0.25) is 4.90 Å². The fourth-order valence-corrected chi connectivity index (χ4v) is 3.89. The number of nitrogens with zero attached hydrogens (tertiary/aromatic N) is 2. The minimum absolute atomic E-state index is 0.0816. The quantitative estimate of drug-likeness (QED) is 0.793. The number of anilines is 1. The van der Waals surface area contributed by atoms with E-state index in [4.69, 9.17) is 0 Å². The Balaban J connectivity index is 1.31. The molecule has 2 saturated heterocycles. The van der Waals surface area contributed by atoms with Gasteiger partial charge in [-0.25, -0.2) is 4.79 Å². The Labute approximate surface area is 157 Å². The van der Waals surface area contributed by atoms with E-state index in [0.717, 1.165) is 19.5 Å². The molecule has 150 valence electrons. The monoisotopic (exact) mass is 384 g/mol. The van der Waals surface area contributed by atoms with Gasteiger partial charge in [0, 0.05) is 38.4 Å². The second-order valence-corrected chi connectivity index (χ2v) is 7.53. The summed E-state index contributed by atoms with van der Waals surface area (Å²) in [5, 5.41) is 5.70. The third kappa shape index (κ3) is 6.30. The zero-order valence-corrected chi connectivity index (χ0v) is 15.3. The van der Waals surface area contributed by atoms with Crippen LogP contribution in [0.2, 0.25) is 0 Å². The van der Waals surface area contributed by atoms with Gasteiger partial charge >= 0.3 is 12.2 Å². The van der Waals surface area contributed by atoms with E-state index in [0.29, 0.717) is 38.5 Å². The van der Waals surface area contributed by atoms with Crippen LogP contribution in [0.1, 0.15) is 12.8 Å². The number of hydrogen-bond acceptors (Lipinski definition) is 3. The Kier molecular flexibility index (Phi) is 6.46. The maximum atomic E-state index is 12.4. The lowest BCUT2D eigenvalue weighted by Crippen LogP contribution is -2.41. The van der Waals surface area contributed by atoms with Crippen molar-refractivity contribution in [1.82, 2.24) is 15.5 Å². The number of likely N-dealkylation sites (tertiary alicyclic amines) is 1. The van der Waals surface area contributed by atoms with Crippen molar-refractivity contribution < 1.29 is 18.0 Å². The Hall–Kier alpha value is -1.96. The molecule has 0 aliphatic carbocycles. The number of amides is 2. The van der Waals surface area contributed by atoms with Gasteiger partial charge in [0.05, 0.1) is 6.54 Å². The van der Waals surface area contributed by atoms with Crippen LogP contribution in [-0.2, 0) is 0 Å². The molecular formula is C19H27F3N4O. The van der Waals surface area contributed by atoms with E-state index in [-0.39, 0.29) is 11.9 Å². The van der Waals surface area contributed by atoms with E-state index in [1.54, 1.807) is 0 Å². The second kappa shape index (κ2) is 8.82. The average Bonchev–Trinajstić information content (AvgIpc) is 3.27. The van der Waals surface area contributed by atoms with E-state index >= 15 is 0 Å². The normalized spacial score (nSPS) is 23.6. The number of para-hydroxylation sites is 1. The first-order valence-electron chi connectivity index (χ1n) is 9.50. The lowest BCUT2D eigenvalue weighted by atomic mass is 10.1. The number of hydrogen-bond donors (Lipinski definition) is 2. The lowest BCUT2D eigenvalue weighted by Gasteiger charge is -2.19. The fraction of sp³-hybridized carbons (Fsp3) is 0.632. The summed E-state index contributed by atoms with van der Waals surface area (Å²) in [6, 6.07) is 9.98. The summed E-state index contributed by atoms with van der Waals surface area (Å²) in [6.07, 6.45) is -2.44. The van der Waals surface area contributed by atoms with Crippen LogP contribution in [-0.4, -0.2) is 62.9 Å². The molecule has 27 heavy (non-hydrogen) atoms. The molecule has 3 rings (SSSR count). The highest BCUT2D eigenvalue weighted by Crippen LogP contribution is 2.23. The first-order valence-corrected chi connectivity index (χ1v) is 9.50. The third-order valence-corrected chi connectivity index (χ3v) is 5.28. The fourth-order valence-electron chi connectivity index (χ4n) is 3.89. The molecule has 0 unspecified atom stereocenters. The highest BCUT2D eigenvalue weighted by molar-refractivity contribution is 5.73. The maximum Gasteiger partial charge on any atom is 0.401 e.